The van der Waals surface area contributed by atoms with Gasteiger partial charge in [0.15, 0.2) is 0 Å². The first-order valence-electron chi connectivity index (χ1n) is 7.83. The van der Waals surface area contributed by atoms with E-state index in [-0.39, 0.29) is 5.97 Å². The molecule has 4 nitrogen and oxygen atoms in total. The highest BCUT2D eigenvalue weighted by molar-refractivity contribution is 6.47. The van der Waals surface area contributed by atoms with E-state index in [0.29, 0.717) is 18.4 Å². The van der Waals surface area contributed by atoms with E-state index in [0.717, 1.165) is 5.56 Å². The number of hydrogen-bond acceptors (Lipinski definition) is 4. The first-order valence-corrected chi connectivity index (χ1v) is 7.83. The molecular weight excluding hydrogens is 298 g/mol. The Bertz CT molecular complexity index is 540. The van der Waals surface area contributed by atoms with E-state index < -0.39 is 24.4 Å². The van der Waals surface area contributed by atoms with E-state index in [1.807, 2.05) is 39.8 Å². The normalized spacial score (nSPS) is 20.3. The minimum atomic E-state index is -1.20. The fourth-order valence-electron chi connectivity index (χ4n) is 2.40. The maximum Gasteiger partial charge on any atom is 0.494 e. The number of halogens is 1. The molecule has 2 rings (SSSR count). The minimum Gasteiger partial charge on any atom is -0.465 e. The fraction of sp³-hybridized carbons (Fsp3) is 0.588. The highest BCUT2D eigenvalue weighted by Crippen LogP contribution is 2.38. The van der Waals surface area contributed by atoms with Gasteiger partial charge in [0.05, 0.1) is 23.9 Å². The molecule has 0 spiro atoms. The number of ether oxygens (including phenoxy) is 1. The third-order valence-electron chi connectivity index (χ3n) is 4.65. The van der Waals surface area contributed by atoms with Gasteiger partial charge in [-0.2, -0.15) is 0 Å². The molecule has 0 saturated carbocycles. The second kappa shape index (κ2) is 6.61. The molecule has 0 aromatic heterocycles. The molecule has 0 N–H and O–H groups in total. The zero-order valence-corrected chi connectivity index (χ0v) is 14.4. The molecule has 6 heteroatoms. The standard InChI is InChI=1S/C17H24BFO4/c1-16(2)17(3,4)23-18(22-16)14(19)11-8-12-6-9-13(10-7-12)15(20)21-5/h6-7,9-10,14H,8,11H2,1-5H3. The summed E-state index contributed by atoms with van der Waals surface area (Å²) in [4.78, 5) is 11.4. The topological polar surface area (TPSA) is 44.8 Å². The summed E-state index contributed by atoms with van der Waals surface area (Å²) in [6.45, 7) is 7.63. The molecule has 1 saturated heterocycles. The molecule has 1 fully saturated rings. The van der Waals surface area contributed by atoms with Crippen molar-refractivity contribution in [3.63, 3.8) is 0 Å². The Hall–Kier alpha value is -1.40. The number of esters is 1. The highest BCUT2D eigenvalue weighted by atomic mass is 19.1. The van der Waals surface area contributed by atoms with Crippen molar-refractivity contribution in [1.29, 1.82) is 0 Å². The van der Waals surface area contributed by atoms with Gasteiger partial charge in [0, 0.05) is 0 Å². The summed E-state index contributed by atoms with van der Waals surface area (Å²) in [5.41, 5.74) is 0.393. The van der Waals surface area contributed by atoms with Crippen LogP contribution in [0.3, 0.4) is 0 Å². The Labute approximate surface area is 137 Å². The van der Waals surface area contributed by atoms with Crippen LogP contribution in [0.5, 0.6) is 0 Å². The van der Waals surface area contributed by atoms with Crippen molar-refractivity contribution in [2.75, 3.05) is 7.11 Å². The van der Waals surface area contributed by atoms with E-state index >= 15 is 0 Å². The van der Waals surface area contributed by atoms with E-state index in [2.05, 4.69) is 4.74 Å². The molecule has 0 bridgehead atoms. The van der Waals surface area contributed by atoms with Crippen molar-refractivity contribution in [3.05, 3.63) is 35.4 Å². The number of rotatable bonds is 5. The first-order chi connectivity index (χ1) is 10.7. The second-order valence-corrected chi connectivity index (χ2v) is 6.87. The Morgan fingerprint density at radius 2 is 1.70 bits per heavy atom. The zero-order chi connectivity index (χ0) is 17.3. The largest absolute Gasteiger partial charge is 0.494 e. The molecule has 0 amide bonds. The van der Waals surface area contributed by atoms with Crippen LogP contribution in [0.4, 0.5) is 4.39 Å². The van der Waals surface area contributed by atoms with Gasteiger partial charge < -0.3 is 14.0 Å². The van der Waals surface area contributed by atoms with E-state index in [4.69, 9.17) is 9.31 Å². The van der Waals surface area contributed by atoms with E-state index in [1.165, 1.54) is 7.11 Å². The molecule has 1 aliphatic rings. The van der Waals surface area contributed by atoms with Crippen LogP contribution >= 0.6 is 0 Å². The molecule has 0 radical (unpaired) electrons. The molecule has 1 aliphatic heterocycles. The fourth-order valence-corrected chi connectivity index (χ4v) is 2.40. The predicted molar refractivity (Wildman–Crippen MR) is 87.1 cm³/mol. The summed E-state index contributed by atoms with van der Waals surface area (Å²) in [6, 6.07) is 6.98. The highest BCUT2D eigenvalue weighted by Gasteiger charge is 2.54. The van der Waals surface area contributed by atoms with Crippen molar-refractivity contribution in [1.82, 2.24) is 0 Å². The SMILES string of the molecule is COC(=O)c1ccc(CCC(F)B2OC(C)(C)C(C)(C)O2)cc1. The van der Waals surface area contributed by atoms with Crippen LogP contribution < -0.4 is 0 Å². The van der Waals surface area contributed by atoms with Crippen LogP contribution in [0.2, 0.25) is 0 Å². The molecule has 1 aromatic carbocycles. The summed E-state index contributed by atoms with van der Waals surface area (Å²) in [5, 5.41) is 0. The lowest BCUT2D eigenvalue weighted by atomic mass is 9.79. The van der Waals surface area contributed by atoms with Crippen LogP contribution in [0.25, 0.3) is 0 Å². The molecule has 1 aromatic rings. The summed E-state index contributed by atoms with van der Waals surface area (Å²) in [6.07, 6.45) is -0.350. The lowest BCUT2D eigenvalue weighted by molar-refractivity contribution is 0.00578. The van der Waals surface area contributed by atoms with Crippen molar-refractivity contribution in [2.45, 2.75) is 57.8 Å². The molecule has 23 heavy (non-hydrogen) atoms. The average molecular weight is 322 g/mol. The molecule has 1 atom stereocenters. The van der Waals surface area contributed by atoms with E-state index in [9.17, 15) is 9.18 Å². The Kier molecular flexibility index (Phi) is 5.16. The van der Waals surface area contributed by atoms with Gasteiger partial charge in [-0.1, -0.05) is 12.1 Å². The van der Waals surface area contributed by atoms with Crippen molar-refractivity contribution in [3.8, 4) is 0 Å². The third kappa shape index (κ3) is 3.93. The van der Waals surface area contributed by atoms with Crippen LogP contribution in [0, 0.1) is 0 Å². The summed E-state index contributed by atoms with van der Waals surface area (Å²) in [7, 11) is 0.503. The Morgan fingerprint density at radius 1 is 1.17 bits per heavy atom. The summed E-state index contributed by atoms with van der Waals surface area (Å²) < 4.78 is 30.5. The van der Waals surface area contributed by atoms with Gasteiger partial charge >= 0.3 is 13.1 Å². The zero-order valence-electron chi connectivity index (χ0n) is 14.4. The van der Waals surface area contributed by atoms with Gasteiger partial charge in [0.1, 0.15) is 6.07 Å². The second-order valence-electron chi connectivity index (χ2n) is 6.87. The molecule has 1 unspecified atom stereocenters. The quantitative estimate of drug-likeness (QED) is 0.616. The van der Waals surface area contributed by atoms with Crippen LogP contribution in [0.1, 0.15) is 50.0 Å². The minimum absolute atomic E-state index is 0.300. The van der Waals surface area contributed by atoms with Gasteiger partial charge in [-0.15, -0.1) is 0 Å². The monoisotopic (exact) mass is 322 g/mol. The maximum atomic E-state index is 14.4. The smallest absolute Gasteiger partial charge is 0.465 e. The number of alkyl halides is 1. The van der Waals surface area contributed by atoms with Crippen LogP contribution in [0.15, 0.2) is 24.3 Å². The van der Waals surface area contributed by atoms with Gasteiger partial charge in [0.25, 0.3) is 0 Å². The third-order valence-corrected chi connectivity index (χ3v) is 4.65. The number of carbonyl (C=O) groups excluding carboxylic acids is 1. The summed E-state index contributed by atoms with van der Waals surface area (Å²) >= 11 is 0. The lowest BCUT2D eigenvalue weighted by Gasteiger charge is -2.32. The molecule has 1 heterocycles. The van der Waals surface area contributed by atoms with Crippen molar-refractivity contribution < 1.29 is 23.2 Å². The van der Waals surface area contributed by atoms with Crippen molar-refractivity contribution >= 4 is 13.1 Å². The Morgan fingerprint density at radius 3 is 2.17 bits per heavy atom. The Balaban J connectivity index is 1.90. The van der Waals surface area contributed by atoms with Crippen LogP contribution in [-0.2, 0) is 20.5 Å². The molecule has 126 valence electrons. The first kappa shape index (κ1) is 18.0. The number of benzene rings is 1. The average Bonchev–Trinajstić information content (AvgIpc) is 2.73. The number of methoxy groups -OCH3 is 1. The van der Waals surface area contributed by atoms with Gasteiger partial charge in [0.2, 0.25) is 0 Å². The maximum absolute atomic E-state index is 14.4. The predicted octanol–water partition coefficient (Wildman–Crippen LogP) is 3.38. The lowest BCUT2D eigenvalue weighted by Crippen LogP contribution is -2.41. The van der Waals surface area contributed by atoms with Crippen molar-refractivity contribution in [2.24, 2.45) is 0 Å². The number of aryl methyl sites for hydroxylation is 1. The van der Waals surface area contributed by atoms with E-state index in [1.54, 1.807) is 12.1 Å². The number of hydrogen-bond donors (Lipinski definition) is 0. The molecular formula is C17H24BFO4. The van der Waals surface area contributed by atoms with Gasteiger partial charge in [-0.3, -0.25) is 4.39 Å². The number of carbonyl (C=O) groups is 1. The van der Waals surface area contributed by atoms with Gasteiger partial charge in [-0.05, 0) is 58.2 Å². The molecule has 0 aliphatic carbocycles. The van der Waals surface area contributed by atoms with Gasteiger partial charge in [-0.25, -0.2) is 4.79 Å². The van der Waals surface area contributed by atoms with Crippen LogP contribution in [-0.4, -0.2) is 37.5 Å². The summed E-state index contributed by atoms with van der Waals surface area (Å²) in [5.74, 6) is -0.378.